The van der Waals surface area contributed by atoms with Crippen LogP contribution >= 0.6 is 27.3 Å². The second kappa shape index (κ2) is 5.99. The first-order valence-corrected chi connectivity index (χ1v) is 6.82. The lowest BCUT2D eigenvalue weighted by molar-refractivity contribution is 0.122. The molecule has 0 amide bonds. The van der Waals surface area contributed by atoms with Crippen molar-refractivity contribution < 1.29 is 5.11 Å². The van der Waals surface area contributed by atoms with Gasteiger partial charge in [-0.1, -0.05) is 13.3 Å². The minimum atomic E-state index is -0.126. The van der Waals surface area contributed by atoms with Gasteiger partial charge in [0.2, 0.25) is 0 Å². The van der Waals surface area contributed by atoms with Crippen LogP contribution in [0, 0.1) is 5.41 Å². The van der Waals surface area contributed by atoms with Gasteiger partial charge >= 0.3 is 0 Å². The smallest absolute Gasteiger partial charge is 0.0701 e. The van der Waals surface area contributed by atoms with Crippen LogP contribution in [0.25, 0.3) is 0 Å². The fraction of sp³-hybridized carbons (Fsp3) is 0.636. The Morgan fingerprint density at radius 2 is 2.27 bits per heavy atom. The second-order valence-electron chi connectivity index (χ2n) is 3.99. The minimum Gasteiger partial charge on any atom is -0.396 e. The average molecular weight is 292 g/mol. The summed E-state index contributed by atoms with van der Waals surface area (Å²) in [6.45, 7) is 2.85. The molecular formula is C11H18BrNOS. The van der Waals surface area contributed by atoms with E-state index in [4.69, 9.17) is 5.73 Å². The van der Waals surface area contributed by atoms with Gasteiger partial charge in [-0.3, -0.25) is 0 Å². The zero-order chi connectivity index (χ0) is 11.3. The molecule has 1 heterocycles. The molecule has 0 bridgehead atoms. The van der Waals surface area contributed by atoms with Crippen LogP contribution in [0.5, 0.6) is 0 Å². The molecule has 1 rings (SSSR count). The summed E-state index contributed by atoms with van der Waals surface area (Å²) in [4.78, 5) is 1.29. The van der Waals surface area contributed by atoms with Gasteiger partial charge in [0.05, 0.1) is 10.4 Å². The van der Waals surface area contributed by atoms with E-state index < -0.39 is 0 Å². The monoisotopic (exact) mass is 291 g/mol. The van der Waals surface area contributed by atoms with Crippen LogP contribution in [0.1, 0.15) is 24.6 Å². The highest BCUT2D eigenvalue weighted by Crippen LogP contribution is 2.32. The van der Waals surface area contributed by atoms with E-state index in [1.165, 1.54) is 4.88 Å². The maximum absolute atomic E-state index is 9.49. The Balaban J connectivity index is 2.73. The summed E-state index contributed by atoms with van der Waals surface area (Å²) < 4.78 is 1.14. The van der Waals surface area contributed by atoms with Gasteiger partial charge in [-0.2, -0.15) is 0 Å². The summed E-state index contributed by atoms with van der Waals surface area (Å²) >= 11 is 5.17. The van der Waals surface area contributed by atoms with Crippen molar-refractivity contribution in [1.29, 1.82) is 0 Å². The van der Waals surface area contributed by atoms with Gasteiger partial charge in [0, 0.05) is 16.8 Å². The third kappa shape index (κ3) is 3.55. The Morgan fingerprint density at radius 3 is 2.67 bits per heavy atom. The molecule has 0 saturated heterocycles. The molecule has 0 aliphatic heterocycles. The summed E-state index contributed by atoms with van der Waals surface area (Å²) in [7, 11) is 0. The highest BCUT2D eigenvalue weighted by Gasteiger charge is 2.27. The molecule has 0 aliphatic rings. The SMILES string of the molecule is CCCC(CN)(CO)Cc1ccc(Br)s1. The van der Waals surface area contributed by atoms with Crippen molar-refractivity contribution in [3.05, 3.63) is 20.8 Å². The Hall–Kier alpha value is 0.1000. The fourth-order valence-corrected chi connectivity index (χ4v) is 3.47. The molecule has 0 aliphatic carbocycles. The largest absolute Gasteiger partial charge is 0.396 e. The van der Waals surface area contributed by atoms with E-state index >= 15 is 0 Å². The molecule has 1 unspecified atom stereocenters. The number of halogens is 1. The maximum atomic E-state index is 9.49. The minimum absolute atomic E-state index is 0.126. The Labute approximate surface area is 104 Å². The van der Waals surface area contributed by atoms with Gasteiger partial charge < -0.3 is 10.8 Å². The second-order valence-corrected chi connectivity index (χ2v) is 6.54. The highest BCUT2D eigenvalue weighted by atomic mass is 79.9. The van der Waals surface area contributed by atoms with Crippen LogP contribution in [0.2, 0.25) is 0 Å². The van der Waals surface area contributed by atoms with E-state index in [0.717, 1.165) is 23.0 Å². The molecular weight excluding hydrogens is 274 g/mol. The van der Waals surface area contributed by atoms with Gasteiger partial charge in [0.25, 0.3) is 0 Å². The number of hydrogen-bond donors (Lipinski definition) is 2. The molecule has 0 radical (unpaired) electrons. The number of aliphatic hydroxyl groups excluding tert-OH is 1. The summed E-state index contributed by atoms with van der Waals surface area (Å²) in [5.41, 5.74) is 5.67. The number of hydrogen-bond acceptors (Lipinski definition) is 3. The van der Waals surface area contributed by atoms with Crippen molar-refractivity contribution in [1.82, 2.24) is 0 Å². The zero-order valence-corrected chi connectivity index (χ0v) is 11.4. The van der Waals surface area contributed by atoms with Crippen LogP contribution in [-0.4, -0.2) is 18.3 Å². The number of thiophene rings is 1. The molecule has 0 spiro atoms. The molecule has 0 aromatic carbocycles. The van der Waals surface area contributed by atoms with Crippen molar-refractivity contribution in [2.45, 2.75) is 26.2 Å². The van der Waals surface area contributed by atoms with E-state index in [1.54, 1.807) is 11.3 Å². The predicted molar refractivity (Wildman–Crippen MR) is 69.2 cm³/mol. The molecule has 3 N–H and O–H groups in total. The molecule has 4 heteroatoms. The molecule has 0 saturated carbocycles. The van der Waals surface area contributed by atoms with Gasteiger partial charge in [-0.05, 0) is 40.9 Å². The summed E-state index contributed by atoms with van der Waals surface area (Å²) in [6.07, 6.45) is 2.92. The standard InChI is InChI=1S/C11H18BrNOS/c1-2-5-11(7-13,8-14)6-9-3-4-10(12)15-9/h3-4,14H,2,5-8,13H2,1H3. The number of rotatable bonds is 6. The first-order valence-electron chi connectivity index (χ1n) is 5.21. The van der Waals surface area contributed by atoms with Crippen molar-refractivity contribution in [3.63, 3.8) is 0 Å². The Kier molecular flexibility index (Phi) is 5.26. The topological polar surface area (TPSA) is 46.2 Å². The van der Waals surface area contributed by atoms with Crippen molar-refractivity contribution in [3.8, 4) is 0 Å². The van der Waals surface area contributed by atoms with Crippen molar-refractivity contribution in [2.24, 2.45) is 11.1 Å². The molecule has 0 fully saturated rings. The Morgan fingerprint density at radius 1 is 1.53 bits per heavy atom. The van der Waals surface area contributed by atoms with Crippen LogP contribution in [0.3, 0.4) is 0 Å². The quantitative estimate of drug-likeness (QED) is 0.847. The third-order valence-corrected chi connectivity index (χ3v) is 4.35. The predicted octanol–water partition coefficient (Wildman–Crippen LogP) is 2.79. The zero-order valence-electron chi connectivity index (χ0n) is 9.00. The lowest BCUT2D eigenvalue weighted by Crippen LogP contribution is -2.36. The average Bonchev–Trinajstić information content (AvgIpc) is 2.63. The number of aliphatic hydroxyl groups is 1. The van der Waals surface area contributed by atoms with E-state index in [0.29, 0.717) is 6.54 Å². The lowest BCUT2D eigenvalue weighted by atomic mass is 9.80. The van der Waals surface area contributed by atoms with Gasteiger partial charge in [-0.25, -0.2) is 0 Å². The summed E-state index contributed by atoms with van der Waals surface area (Å²) in [6, 6.07) is 4.15. The van der Waals surface area contributed by atoms with Crippen molar-refractivity contribution >= 4 is 27.3 Å². The fourth-order valence-electron chi connectivity index (χ4n) is 1.81. The first-order chi connectivity index (χ1) is 7.15. The molecule has 1 atom stereocenters. The Bertz CT molecular complexity index is 297. The van der Waals surface area contributed by atoms with Crippen molar-refractivity contribution in [2.75, 3.05) is 13.2 Å². The van der Waals surface area contributed by atoms with Crippen LogP contribution < -0.4 is 5.73 Å². The molecule has 2 nitrogen and oxygen atoms in total. The highest BCUT2D eigenvalue weighted by molar-refractivity contribution is 9.11. The normalized spacial score (nSPS) is 15.2. The van der Waals surface area contributed by atoms with Gasteiger partial charge in [-0.15, -0.1) is 11.3 Å². The van der Waals surface area contributed by atoms with E-state index in [9.17, 15) is 5.11 Å². The summed E-state index contributed by atoms with van der Waals surface area (Å²) in [5.74, 6) is 0. The van der Waals surface area contributed by atoms with E-state index in [-0.39, 0.29) is 12.0 Å². The van der Waals surface area contributed by atoms with Gasteiger partial charge in [0.1, 0.15) is 0 Å². The first kappa shape index (κ1) is 13.2. The lowest BCUT2D eigenvalue weighted by Gasteiger charge is -2.29. The van der Waals surface area contributed by atoms with Crippen LogP contribution in [0.15, 0.2) is 15.9 Å². The van der Waals surface area contributed by atoms with Crippen LogP contribution in [-0.2, 0) is 6.42 Å². The van der Waals surface area contributed by atoms with E-state index in [1.807, 2.05) is 6.07 Å². The molecule has 1 aromatic rings. The molecule has 86 valence electrons. The number of nitrogens with two attached hydrogens (primary N) is 1. The maximum Gasteiger partial charge on any atom is 0.0701 e. The summed E-state index contributed by atoms with van der Waals surface area (Å²) in [5, 5.41) is 9.49. The van der Waals surface area contributed by atoms with Crippen LogP contribution in [0.4, 0.5) is 0 Å². The molecule has 15 heavy (non-hydrogen) atoms. The van der Waals surface area contributed by atoms with E-state index in [2.05, 4.69) is 28.9 Å². The third-order valence-electron chi connectivity index (χ3n) is 2.73. The van der Waals surface area contributed by atoms with Gasteiger partial charge in [0.15, 0.2) is 0 Å². The molecule has 1 aromatic heterocycles.